The van der Waals surface area contributed by atoms with E-state index in [1.165, 1.54) is 18.2 Å². The Bertz CT molecular complexity index is 341. The van der Waals surface area contributed by atoms with Crippen LogP contribution in [0.3, 0.4) is 0 Å². The molecule has 1 N–H and O–H groups in total. The van der Waals surface area contributed by atoms with Gasteiger partial charge in [0.25, 0.3) is 5.91 Å². The van der Waals surface area contributed by atoms with Crippen LogP contribution < -0.4 is 5.32 Å². The summed E-state index contributed by atoms with van der Waals surface area (Å²) in [7, 11) is 0. The Morgan fingerprint density at radius 1 is 1.36 bits per heavy atom. The average Bonchev–Trinajstić information content (AvgIpc) is 2.01. The van der Waals surface area contributed by atoms with E-state index in [1.807, 2.05) is 20.8 Å². The SMILES string of the molecule is CC(C)(C)NC(=O)c1cccc(F)c1. The maximum atomic E-state index is 12.8. The van der Waals surface area contributed by atoms with Crippen LogP contribution in [0.4, 0.5) is 4.39 Å². The molecule has 3 heteroatoms. The number of hydrogen-bond acceptors (Lipinski definition) is 1. The third-order valence-electron chi connectivity index (χ3n) is 1.58. The normalized spacial score (nSPS) is 11.1. The van der Waals surface area contributed by atoms with Crippen molar-refractivity contribution in [3.63, 3.8) is 0 Å². The quantitative estimate of drug-likeness (QED) is 0.732. The van der Waals surface area contributed by atoms with Crippen molar-refractivity contribution in [1.82, 2.24) is 5.32 Å². The van der Waals surface area contributed by atoms with Crippen molar-refractivity contribution in [3.8, 4) is 0 Å². The second kappa shape index (κ2) is 3.78. The third-order valence-corrected chi connectivity index (χ3v) is 1.58. The molecule has 0 aromatic heterocycles. The number of nitrogens with one attached hydrogen (secondary N) is 1. The van der Waals surface area contributed by atoms with Gasteiger partial charge in [-0.15, -0.1) is 0 Å². The fraction of sp³-hybridized carbons (Fsp3) is 0.364. The summed E-state index contributed by atoms with van der Waals surface area (Å²) in [5.74, 6) is -0.649. The Balaban J connectivity index is 2.80. The molecule has 0 aliphatic heterocycles. The molecular formula is C11H14FNO. The van der Waals surface area contributed by atoms with Crippen LogP contribution in [0.2, 0.25) is 0 Å². The molecule has 0 saturated heterocycles. The number of benzene rings is 1. The maximum Gasteiger partial charge on any atom is 0.251 e. The summed E-state index contributed by atoms with van der Waals surface area (Å²) in [5.41, 5.74) is 0.0450. The number of carbonyl (C=O) groups is 1. The predicted octanol–water partition coefficient (Wildman–Crippen LogP) is 2.35. The largest absolute Gasteiger partial charge is 0.347 e. The zero-order valence-electron chi connectivity index (χ0n) is 8.60. The van der Waals surface area contributed by atoms with E-state index >= 15 is 0 Å². The van der Waals surface area contributed by atoms with Gasteiger partial charge < -0.3 is 5.32 Å². The zero-order valence-corrected chi connectivity index (χ0v) is 8.60. The highest BCUT2D eigenvalue weighted by Gasteiger charge is 2.15. The van der Waals surface area contributed by atoms with Gasteiger partial charge in [-0.2, -0.15) is 0 Å². The molecule has 1 rings (SSSR count). The molecule has 2 nitrogen and oxygen atoms in total. The topological polar surface area (TPSA) is 29.1 Å². The van der Waals surface area contributed by atoms with Crippen LogP contribution in [0, 0.1) is 5.82 Å². The fourth-order valence-electron chi connectivity index (χ4n) is 1.04. The molecule has 0 atom stereocenters. The lowest BCUT2D eigenvalue weighted by Crippen LogP contribution is -2.40. The first-order valence-electron chi connectivity index (χ1n) is 4.46. The Morgan fingerprint density at radius 3 is 2.50 bits per heavy atom. The molecular weight excluding hydrogens is 181 g/mol. The molecule has 0 fully saturated rings. The van der Waals surface area contributed by atoms with Crippen molar-refractivity contribution in [3.05, 3.63) is 35.6 Å². The minimum atomic E-state index is -0.397. The molecule has 1 aromatic carbocycles. The van der Waals surface area contributed by atoms with Gasteiger partial charge in [-0.3, -0.25) is 4.79 Å². The van der Waals surface area contributed by atoms with E-state index in [2.05, 4.69) is 5.32 Å². The summed E-state index contributed by atoms with van der Waals surface area (Å²) in [4.78, 5) is 11.5. The fourth-order valence-corrected chi connectivity index (χ4v) is 1.04. The number of amides is 1. The van der Waals surface area contributed by atoms with E-state index in [0.717, 1.165) is 0 Å². The summed E-state index contributed by atoms with van der Waals surface area (Å²) in [5, 5.41) is 2.76. The molecule has 0 heterocycles. The van der Waals surface area contributed by atoms with Crippen molar-refractivity contribution >= 4 is 5.91 Å². The maximum absolute atomic E-state index is 12.8. The summed E-state index contributed by atoms with van der Waals surface area (Å²) in [6.45, 7) is 5.64. The van der Waals surface area contributed by atoms with Gasteiger partial charge in [-0.05, 0) is 39.0 Å². The van der Waals surface area contributed by atoms with Gasteiger partial charge in [0.15, 0.2) is 0 Å². The van der Waals surface area contributed by atoms with Crippen LogP contribution in [0.25, 0.3) is 0 Å². The zero-order chi connectivity index (χ0) is 10.8. The first kappa shape index (κ1) is 10.7. The minimum absolute atomic E-state index is 0.253. The first-order chi connectivity index (χ1) is 6.38. The molecule has 0 radical (unpaired) electrons. The molecule has 0 saturated carbocycles. The van der Waals surface area contributed by atoms with Crippen molar-refractivity contribution in [1.29, 1.82) is 0 Å². The van der Waals surface area contributed by atoms with Gasteiger partial charge in [-0.25, -0.2) is 4.39 Å². The average molecular weight is 195 g/mol. The molecule has 0 aliphatic carbocycles. The van der Waals surface area contributed by atoms with Crippen molar-refractivity contribution in [2.75, 3.05) is 0 Å². The predicted molar refractivity (Wildman–Crippen MR) is 53.6 cm³/mol. The molecule has 0 unspecified atom stereocenters. The Kier molecular flexibility index (Phi) is 2.89. The molecule has 0 bridgehead atoms. The third kappa shape index (κ3) is 3.17. The van der Waals surface area contributed by atoms with Crippen LogP contribution in [0.1, 0.15) is 31.1 Å². The van der Waals surface area contributed by atoms with Gasteiger partial charge in [0.2, 0.25) is 0 Å². The molecule has 1 aromatic rings. The van der Waals surface area contributed by atoms with Crippen LogP contribution in [0.15, 0.2) is 24.3 Å². The molecule has 0 spiro atoms. The Morgan fingerprint density at radius 2 is 2.00 bits per heavy atom. The summed E-state index contributed by atoms with van der Waals surface area (Å²) >= 11 is 0. The lowest BCUT2D eigenvalue weighted by molar-refractivity contribution is 0.0919. The minimum Gasteiger partial charge on any atom is -0.347 e. The summed E-state index contributed by atoms with van der Waals surface area (Å²) in [6, 6.07) is 5.64. The van der Waals surface area contributed by atoms with Crippen LogP contribution in [-0.2, 0) is 0 Å². The monoisotopic (exact) mass is 195 g/mol. The standard InChI is InChI=1S/C11H14FNO/c1-11(2,3)13-10(14)8-5-4-6-9(12)7-8/h4-7H,1-3H3,(H,13,14). The van der Waals surface area contributed by atoms with E-state index in [-0.39, 0.29) is 11.4 Å². The van der Waals surface area contributed by atoms with Gasteiger partial charge >= 0.3 is 0 Å². The van der Waals surface area contributed by atoms with Crippen molar-refractivity contribution < 1.29 is 9.18 Å². The molecule has 0 aliphatic rings. The highest BCUT2D eigenvalue weighted by atomic mass is 19.1. The van der Waals surface area contributed by atoms with Crippen molar-refractivity contribution in [2.24, 2.45) is 0 Å². The van der Waals surface area contributed by atoms with E-state index in [9.17, 15) is 9.18 Å². The van der Waals surface area contributed by atoms with E-state index < -0.39 is 5.82 Å². The van der Waals surface area contributed by atoms with E-state index in [4.69, 9.17) is 0 Å². The van der Waals surface area contributed by atoms with Crippen LogP contribution in [-0.4, -0.2) is 11.4 Å². The summed E-state index contributed by atoms with van der Waals surface area (Å²) in [6.07, 6.45) is 0. The second-order valence-electron chi connectivity index (χ2n) is 4.21. The second-order valence-corrected chi connectivity index (χ2v) is 4.21. The van der Waals surface area contributed by atoms with E-state index in [0.29, 0.717) is 5.56 Å². The highest BCUT2D eigenvalue weighted by molar-refractivity contribution is 5.94. The van der Waals surface area contributed by atoms with Gasteiger partial charge in [-0.1, -0.05) is 6.07 Å². The summed E-state index contributed by atoms with van der Waals surface area (Å²) < 4.78 is 12.8. The van der Waals surface area contributed by atoms with Crippen LogP contribution in [0.5, 0.6) is 0 Å². The smallest absolute Gasteiger partial charge is 0.251 e. The molecule has 1 amide bonds. The lowest BCUT2D eigenvalue weighted by Gasteiger charge is -2.20. The van der Waals surface area contributed by atoms with Gasteiger partial charge in [0.1, 0.15) is 5.82 Å². The Hall–Kier alpha value is -1.38. The first-order valence-corrected chi connectivity index (χ1v) is 4.46. The molecule has 76 valence electrons. The highest BCUT2D eigenvalue weighted by Crippen LogP contribution is 2.06. The number of rotatable bonds is 1. The lowest BCUT2D eigenvalue weighted by atomic mass is 10.1. The number of halogens is 1. The van der Waals surface area contributed by atoms with Crippen LogP contribution >= 0.6 is 0 Å². The van der Waals surface area contributed by atoms with Crippen molar-refractivity contribution in [2.45, 2.75) is 26.3 Å². The van der Waals surface area contributed by atoms with Gasteiger partial charge in [0.05, 0.1) is 0 Å². The van der Waals surface area contributed by atoms with E-state index in [1.54, 1.807) is 6.07 Å². The number of carbonyl (C=O) groups excluding carboxylic acids is 1. The number of hydrogen-bond donors (Lipinski definition) is 1. The van der Waals surface area contributed by atoms with Gasteiger partial charge in [0, 0.05) is 11.1 Å². The Labute approximate surface area is 83.1 Å². The molecule has 14 heavy (non-hydrogen) atoms.